The molecule has 0 saturated carbocycles. The quantitative estimate of drug-likeness (QED) is 0.0222. The van der Waals surface area contributed by atoms with Crippen LogP contribution < -0.4 is 0 Å². The predicted octanol–water partition coefficient (Wildman–Crippen LogP) is 28.5. The van der Waals surface area contributed by atoms with Gasteiger partial charge in [-0.1, -0.05) is 451 Å². The van der Waals surface area contributed by atoms with Crippen LogP contribution in [0.5, 0.6) is 0 Å². The summed E-state index contributed by atoms with van der Waals surface area (Å²) >= 11 is 0. The average molecular weight is 1610 g/mol. The van der Waals surface area contributed by atoms with Crippen molar-refractivity contribution in [3.8, 4) is 0 Å². The molecule has 2 unspecified atom stereocenters. The lowest BCUT2D eigenvalue weighted by Crippen LogP contribution is -2.30. The Morgan fingerprint density at radius 2 is 0.364 bits per heavy atom. The number of phosphoric acid groups is 2. The molecule has 110 heavy (non-hydrogen) atoms. The lowest BCUT2D eigenvalue weighted by Gasteiger charge is -2.21. The van der Waals surface area contributed by atoms with E-state index in [0.29, 0.717) is 25.7 Å². The second-order valence-corrected chi connectivity index (χ2v) is 35.6. The minimum Gasteiger partial charge on any atom is -0.462 e. The number of aliphatic hydroxyl groups is 1. The normalized spacial score (nSPS) is 13.6. The lowest BCUT2D eigenvalue weighted by molar-refractivity contribution is -0.161. The second kappa shape index (κ2) is 85.0. The van der Waals surface area contributed by atoms with Gasteiger partial charge in [-0.05, 0) is 25.7 Å². The Balaban J connectivity index is 5.18. The molecule has 0 heterocycles. The van der Waals surface area contributed by atoms with Gasteiger partial charge in [-0.25, -0.2) is 9.13 Å². The first kappa shape index (κ1) is 108. The Bertz CT molecular complexity index is 2070. The standard InChI is InChI=1S/C91H178O17P2/c1-5-9-13-17-21-25-28-31-34-37-40-42-45-47-50-53-56-60-64-68-72-76-89(94)102-82-87(108-91(96)78-74-70-66-62-58-55-52-49-46-43-41-38-35-32-29-26-22-18-14-10-6-2)84-106-110(99,100)104-80-85(92)79-103-109(97,98)105-83-86(81-101-88(93)75-71-67-63-59-24-20-16-12-8-4)107-90(95)77-73-69-65-61-57-54-51-48-44-39-36-33-30-27-23-19-15-11-7-3/h85-87,92H,5-84H2,1-4H3,(H,97,98)(H,99,100)/t85-,86+,87+/m0/s1. The molecule has 654 valence electrons. The van der Waals surface area contributed by atoms with Crippen molar-refractivity contribution in [2.45, 2.75) is 521 Å². The van der Waals surface area contributed by atoms with Crippen molar-refractivity contribution in [3.05, 3.63) is 0 Å². The summed E-state index contributed by atoms with van der Waals surface area (Å²) < 4.78 is 69.0. The van der Waals surface area contributed by atoms with E-state index < -0.39 is 97.5 Å². The van der Waals surface area contributed by atoms with Crippen LogP contribution in [0.15, 0.2) is 0 Å². The van der Waals surface area contributed by atoms with Gasteiger partial charge in [0.25, 0.3) is 0 Å². The first-order chi connectivity index (χ1) is 53.7. The van der Waals surface area contributed by atoms with Crippen LogP contribution in [-0.2, 0) is 65.4 Å². The van der Waals surface area contributed by atoms with Crippen LogP contribution in [0.4, 0.5) is 0 Å². The number of aliphatic hydroxyl groups excluding tert-OH is 1. The topological polar surface area (TPSA) is 237 Å². The molecule has 3 N–H and O–H groups in total. The highest BCUT2D eigenvalue weighted by Crippen LogP contribution is 2.45. The molecule has 0 spiro atoms. The predicted molar refractivity (Wildman–Crippen MR) is 455 cm³/mol. The van der Waals surface area contributed by atoms with Gasteiger partial charge in [-0.2, -0.15) is 0 Å². The molecular formula is C91H178O17P2. The summed E-state index contributed by atoms with van der Waals surface area (Å²) in [7, 11) is -9.93. The largest absolute Gasteiger partial charge is 0.472 e. The Morgan fingerprint density at radius 1 is 0.218 bits per heavy atom. The van der Waals surface area contributed by atoms with Gasteiger partial charge in [0.15, 0.2) is 12.2 Å². The fraction of sp³-hybridized carbons (Fsp3) is 0.956. The molecule has 0 aromatic carbocycles. The monoisotopic (exact) mass is 1610 g/mol. The van der Waals surface area contributed by atoms with E-state index in [1.807, 2.05) is 0 Å². The smallest absolute Gasteiger partial charge is 0.462 e. The summed E-state index contributed by atoms with van der Waals surface area (Å²) in [5.74, 6) is -2.09. The van der Waals surface area contributed by atoms with Crippen LogP contribution in [0, 0.1) is 0 Å². The number of carbonyl (C=O) groups is 4. The molecular weight excluding hydrogens is 1430 g/mol. The molecule has 0 aliphatic heterocycles. The average Bonchev–Trinajstić information content (AvgIpc) is 0.900. The molecule has 0 fully saturated rings. The number of esters is 4. The number of hydrogen-bond acceptors (Lipinski definition) is 15. The van der Waals surface area contributed by atoms with Gasteiger partial charge in [-0.3, -0.25) is 37.3 Å². The van der Waals surface area contributed by atoms with Crippen LogP contribution >= 0.6 is 15.6 Å². The maximum Gasteiger partial charge on any atom is 0.472 e. The summed E-state index contributed by atoms with van der Waals surface area (Å²) in [6.45, 7) is 5.07. The molecule has 0 amide bonds. The maximum absolute atomic E-state index is 13.2. The van der Waals surface area contributed by atoms with Gasteiger partial charge in [0, 0.05) is 25.7 Å². The van der Waals surface area contributed by atoms with E-state index in [9.17, 15) is 43.2 Å². The summed E-state index contributed by atoms with van der Waals surface area (Å²) in [4.78, 5) is 73.3. The molecule has 0 aliphatic rings. The Hall–Kier alpha value is -1.94. The number of hydrogen-bond donors (Lipinski definition) is 3. The van der Waals surface area contributed by atoms with Crippen LogP contribution in [-0.4, -0.2) is 96.7 Å². The van der Waals surface area contributed by atoms with Crippen LogP contribution in [0.3, 0.4) is 0 Å². The van der Waals surface area contributed by atoms with Gasteiger partial charge < -0.3 is 33.8 Å². The molecule has 0 aliphatic carbocycles. The number of ether oxygens (including phenoxy) is 4. The number of phosphoric ester groups is 2. The molecule has 0 bridgehead atoms. The maximum atomic E-state index is 13.2. The molecule has 19 heteroatoms. The number of unbranched alkanes of at least 4 members (excludes halogenated alkanes) is 66. The molecule has 0 rings (SSSR count). The fourth-order valence-electron chi connectivity index (χ4n) is 14.4. The zero-order chi connectivity index (χ0) is 80.3. The van der Waals surface area contributed by atoms with Gasteiger partial charge in [0.2, 0.25) is 0 Å². The Morgan fingerprint density at radius 3 is 0.536 bits per heavy atom. The van der Waals surface area contributed by atoms with Crippen molar-refractivity contribution in [3.63, 3.8) is 0 Å². The third kappa shape index (κ3) is 84.0. The molecule has 5 atom stereocenters. The first-order valence-electron chi connectivity index (χ1n) is 47.3. The lowest BCUT2D eigenvalue weighted by atomic mass is 10.0. The van der Waals surface area contributed by atoms with Gasteiger partial charge in [-0.15, -0.1) is 0 Å². The highest BCUT2D eigenvalue weighted by molar-refractivity contribution is 7.47. The zero-order valence-electron chi connectivity index (χ0n) is 72.3. The van der Waals surface area contributed by atoms with Crippen LogP contribution in [0.1, 0.15) is 503 Å². The first-order valence-corrected chi connectivity index (χ1v) is 50.3. The Kier molecular flexibility index (Phi) is 83.5. The molecule has 0 aromatic rings. The molecule has 0 aromatic heterocycles. The van der Waals surface area contributed by atoms with Gasteiger partial charge in [0.05, 0.1) is 26.4 Å². The summed E-state index contributed by atoms with van der Waals surface area (Å²) in [6, 6.07) is 0. The molecule has 0 radical (unpaired) electrons. The number of rotatable bonds is 92. The SMILES string of the molecule is CCCCCCCCCCCCCCCCCCCCCCCC(=O)OC[C@H](COP(=O)(O)OC[C@@H](O)COP(=O)(O)OC[C@@H](COC(=O)CCCCCCCCCCC)OC(=O)CCCCCCCCCCCCCCCCCCCCC)OC(=O)CCCCCCCCCCCCCCCCCCCCCCC. The van der Waals surface area contributed by atoms with E-state index in [2.05, 4.69) is 27.7 Å². The summed E-state index contributed by atoms with van der Waals surface area (Å²) in [5, 5.41) is 10.7. The third-order valence-corrected chi connectivity index (χ3v) is 23.5. The van der Waals surface area contributed by atoms with Crippen molar-refractivity contribution in [2.24, 2.45) is 0 Å². The van der Waals surface area contributed by atoms with E-state index in [1.165, 1.54) is 334 Å². The third-order valence-electron chi connectivity index (χ3n) is 21.6. The van der Waals surface area contributed by atoms with E-state index in [1.54, 1.807) is 0 Å². The number of carbonyl (C=O) groups excluding carboxylic acids is 4. The van der Waals surface area contributed by atoms with E-state index in [4.69, 9.17) is 37.0 Å². The highest BCUT2D eigenvalue weighted by atomic mass is 31.2. The Labute approximate surface area is 677 Å². The van der Waals surface area contributed by atoms with E-state index in [0.717, 1.165) is 89.9 Å². The summed E-state index contributed by atoms with van der Waals surface area (Å²) in [6.07, 6.45) is 82.2. The van der Waals surface area contributed by atoms with Gasteiger partial charge >= 0.3 is 39.5 Å². The van der Waals surface area contributed by atoms with Crippen molar-refractivity contribution >= 4 is 39.5 Å². The molecule has 0 saturated heterocycles. The minimum atomic E-state index is -4.97. The summed E-state index contributed by atoms with van der Waals surface area (Å²) in [5.41, 5.74) is 0. The van der Waals surface area contributed by atoms with Crippen LogP contribution in [0.2, 0.25) is 0 Å². The highest BCUT2D eigenvalue weighted by Gasteiger charge is 2.31. The van der Waals surface area contributed by atoms with E-state index in [-0.39, 0.29) is 25.7 Å². The van der Waals surface area contributed by atoms with Gasteiger partial charge in [0.1, 0.15) is 19.3 Å². The van der Waals surface area contributed by atoms with Crippen molar-refractivity contribution in [1.82, 2.24) is 0 Å². The fourth-order valence-corrected chi connectivity index (χ4v) is 16.0. The van der Waals surface area contributed by atoms with Crippen molar-refractivity contribution in [2.75, 3.05) is 39.6 Å². The minimum absolute atomic E-state index is 0.109. The second-order valence-electron chi connectivity index (χ2n) is 32.7. The van der Waals surface area contributed by atoms with E-state index >= 15 is 0 Å². The van der Waals surface area contributed by atoms with Crippen molar-refractivity contribution in [1.29, 1.82) is 0 Å². The van der Waals surface area contributed by atoms with Crippen LogP contribution in [0.25, 0.3) is 0 Å². The molecule has 17 nitrogen and oxygen atoms in total. The van der Waals surface area contributed by atoms with Crippen molar-refractivity contribution < 1.29 is 80.2 Å². The zero-order valence-corrected chi connectivity index (χ0v) is 74.0.